The molecule has 1 N–H and O–H groups in total. The van der Waals surface area contributed by atoms with Crippen LogP contribution in [0.2, 0.25) is 0 Å². The lowest BCUT2D eigenvalue weighted by molar-refractivity contribution is -0.142. The molecule has 1 aliphatic heterocycles. The predicted molar refractivity (Wildman–Crippen MR) is 140 cm³/mol. The van der Waals surface area contributed by atoms with Crippen molar-refractivity contribution in [2.75, 3.05) is 27.4 Å². The highest BCUT2D eigenvalue weighted by atomic mass is 16.6. The van der Waals surface area contributed by atoms with E-state index in [-0.39, 0.29) is 18.1 Å². The third-order valence-electron chi connectivity index (χ3n) is 5.94. The molecular formula is C28H47NO7. The molecule has 206 valence electrons. The van der Waals surface area contributed by atoms with Crippen LogP contribution in [-0.2, 0) is 28.5 Å². The first kappa shape index (κ1) is 31.5. The number of rotatable bonds is 16. The van der Waals surface area contributed by atoms with Gasteiger partial charge in [0.25, 0.3) is 0 Å². The Bertz CT molecular complexity index is 751. The predicted octanol–water partition coefficient (Wildman–Crippen LogP) is 5.68. The number of amides is 1. The molecule has 0 spiro atoms. The normalized spacial score (nSPS) is 18.4. The van der Waals surface area contributed by atoms with Crippen molar-refractivity contribution in [2.45, 2.75) is 90.9 Å². The van der Waals surface area contributed by atoms with E-state index in [0.717, 1.165) is 19.3 Å². The van der Waals surface area contributed by atoms with Crippen molar-refractivity contribution in [1.29, 1.82) is 0 Å². The van der Waals surface area contributed by atoms with Gasteiger partial charge in [-0.25, -0.2) is 4.79 Å². The second-order valence-corrected chi connectivity index (χ2v) is 10.4. The lowest BCUT2D eigenvalue weighted by Gasteiger charge is -2.30. The monoisotopic (exact) mass is 509 g/mol. The quantitative estimate of drug-likeness (QED) is 0.124. The number of hydrogen-bond acceptors (Lipinski definition) is 7. The molecule has 0 aliphatic carbocycles. The lowest BCUT2D eigenvalue weighted by Crippen LogP contribution is -2.46. The van der Waals surface area contributed by atoms with E-state index in [9.17, 15) is 9.59 Å². The van der Waals surface area contributed by atoms with Gasteiger partial charge in [0.1, 0.15) is 11.7 Å². The number of methoxy groups -OCH3 is 2. The second kappa shape index (κ2) is 16.3. The molecule has 1 fully saturated rings. The number of ether oxygens (including phenoxy) is 5. The molecule has 1 amide bonds. The van der Waals surface area contributed by atoms with Crippen molar-refractivity contribution < 1.29 is 33.3 Å². The summed E-state index contributed by atoms with van der Waals surface area (Å²) < 4.78 is 27.3. The molecule has 3 atom stereocenters. The lowest BCUT2D eigenvalue weighted by atomic mass is 9.84. The molecular weight excluding hydrogens is 462 g/mol. The number of nitrogens with one attached hydrogen (secondary N) is 1. The van der Waals surface area contributed by atoms with E-state index in [1.165, 1.54) is 0 Å². The maximum absolute atomic E-state index is 12.5. The minimum atomic E-state index is -0.604. The first-order valence-electron chi connectivity index (χ1n) is 12.9. The number of cyclic esters (lactones) is 1. The van der Waals surface area contributed by atoms with Crippen LogP contribution in [0.15, 0.2) is 36.3 Å². The zero-order chi connectivity index (χ0) is 27.1. The Morgan fingerprint density at radius 2 is 1.94 bits per heavy atom. The van der Waals surface area contributed by atoms with Gasteiger partial charge in [-0.15, -0.1) is 0 Å². The van der Waals surface area contributed by atoms with Crippen LogP contribution in [0.1, 0.15) is 73.1 Å². The summed E-state index contributed by atoms with van der Waals surface area (Å²) in [5.74, 6) is 1.67. The highest BCUT2D eigenvalue weighted by Crippen LogP contribution is 2.28. The topological polar surface area (TPSA) is 92.3 Å². The third kappa shape index (κ3) is 12.5. The molecule has 0 aromatic rings. The largest absolute Gasteiger partial charge is 0.493 e. The van der Waals surface area contributed by atoms with Gasteiger partial charge in [-0.3, -0.25) is 4.79 Å². The highest BCUT2D eigenvalue weighted by molar-refractivity contribution is 5.72. The Morgan fingerprint density at radius 3 is 2.47 bits per heavy atom. The van der Waals surface area contributed by atoms with E-state index < -0.39 is 11.7 Å². The van der Waals surface area contributed by atoms with Crippen LogP contribution in [0.4, 0.5) is 4.79 Å². The average molecular weight is 510 g/mol. The van der Waals surface area contributed by atoms with Gasteiger partial charge in [-0.1, -0.05) is 26.5 Å². The Hall–Kier alpha value is -2.48. The zero-order valence-corrected chi connectivity index (χ0v) is 23.3. The molecule has 1 heterocycles. The van der Waals surface area contributed by atoms with Gasteiger partial charge in [0.15, 0.2) is 11.5 Å². The summed E-state index contributed by atoms with van der Waals surface area (Å²) in [5, 5.41) is 2.97. The van der Waals surface area contributed by atoms with Crippen LogP contribution in [0.3, 0.4) is 0 Å². The van der Waals surface area contributed by atoms with Gasteiger partial charge in [-0.2, -0.15) is 0 Å². The Labute approximate surface area is 217 Å². The van der Waals surface area contributed by atoms with E-state index in [1.54, 1.807) is 20.3 Å². The summed E-state index contributed by atoms with van der Waals surface area (Å²) in [6, 6.07) is -0.301. The summed E-state index contributed by atoms with van der Waals surface area (Å²) in [4.78, 5) is 24.3. The average Bonchev–Trinajstić information content (AvgIpc) is 3.23. The van der Waals surface area contributed by atoms with Crippen molar-refractivity contribution in [2.24, 2.45) is 11.8 Å². The number of allylic oxidation sites excluding steroid dienone is 3. The van der Waals surface area contributed by atoms with Gasteiger partial charge in [0.2, 0.25) is 0 Å². The Kier molecular flexibility index (Phi) is 14.3. The fourth-order valence-electron chi connectivity index (χ4n) is 4.01. The van der Waals surface area contributed by atoms with Gasteiger partial charge in [-0.05, 0) is 70.4 Å². The summed E-state index contributed by atoms with van der Waals surface area (Å²) in [6.07, 6.45) is 8.92. The number of carbonyl (C=O) groups excluding carboxylic acids is 2. The minimum Gasteiger partial charge on any atom is -0.493 e. The van der Waals surface area contributed by atoms with E-state index in [1.807, 2.05) is 26.8 Å². The molecule has 1 rings (SSSR count). The first-order chi connectivity index (χ1) is 17.0. The van der Waals surface area contributed by atoms with E-state index in [2.05, 4.69) is 31.8 Å². The van der Waals surface area contributed by atoms with Gasteiger partial charge >= 0.3 is 12.1 Å². The number of esters is 1. The maximum Gasteiger partial charge on any atom is 0.408 e. The fraction of sp³-hybridized carbons (Fsp3) is 0.714. The maximum atomic E-state index is 12.5. The molecule has 1 saturated heterocycles. The fourth-order valence-corrected chi connectivity index (χ4v) is 4.01. The van der Waals surface area contributed by atoms with Crippen LogP contribution in [0.5, 0.6) is 0 Å². The van der Waals surface area contributed by atoms with E-state index >= 15 is 0 Å². The summed E-state index contributed by atoms with van der Waals surface area (Å²) in [7, 11) is 3.27. The standard InChI is InChI=1S/C28H47NO7/c1-9-23(34-18-12-17-32-7)25(33-8)14-11-10-13-21(20(2)3)19-22(24-15-16-26(30)35-24)29-27(31)36-28(4,5)6/h9,11,14,20-22,24H,1,10,12-13,15-19H2,2-8H3,(H,29,31)/b14-11-,25-23-. The number of carbonyl (C=O) groups is 2. The van der Waals surface area contributed by atoms with Crippen molar-refractivity contribution in [1.82, 2.24) is 5.32 Å². The van der Waals surface area contributed by atoms with Gasteiger partial charge < -0.3 is 29.0 Å². The number of alkyl carbamates (subject to hydrolysis) is 1. The van der Waals surface area contributed by atoms with Crippen LogP contribution in [0, 0.1) is 11.8 Å². The van der Waals surface area contributed by atoms with E-state index in [4.69, 9.17) is 23.7 Å². The molecule has 0 saturated carbocycles. The van der Waals surface area contributed by atoms with Crippen LogP contribution < -0.4 is 5.32 Å². The summed E-state index contributed by atoms with van der Waals surface area (Å²) in [5.41, 5.74) is -0.604. The molecule has 8 nitrogen and oxygen atoms in total. The summed E-state index contributed by atoms with van der Waals surface area (Å²) in [6.45, 7) is 14.8. The highest BCUT2D eigenvalue weighted by Gasteiger charge is 2.35. The molecule has 0 radical (unpaired) electrons. The Morgan fingerprint density at radius 1 is 1.22 bits per heavy atom. The first-order valence-corrected chi connectivity index (χ1v) is 12.9. The molecule has 36 heavy (non-hydrogen) atoms. The van der Waals surface area contributed by atoms with Crippen molar-refractivity contribution in [3.63, 3.8) is 0 Å². The van der Waals surface area contributed by atoms with Crippen LogP contribution >= 0.6 is 0 Å². The molecule has 0 aromatic carbocycles. The smallest absolute Gasteiger partial charge is 0.408 e. The number of hydrogen-bond donors (Lipinski definition) is 1. The Balaban J connectivity index is 2.82. The zero-order valence-electron chi connectivity index (χ0n) is 23.3. The van der Waals surface area contributed by atoms with Gasteiger partial charge in [0, 0.05) is 26.6 Å². The van der Waals surface area contributed by atoms with Crippen LogP contribution in [-0.4, -0.2) is 57.2 Å². The third-order valence-corrected chi connectivity index (χ3v) is 5.94. The molecule has 0 aromatic heterocycles. The molecule has 8 heteroatoms. The molecule has 3 unspecified atom stereocenters. The SMILES string of the molecule is C=C/C(OCCCOC)=C(\C=C/CCC(CC(NC(=O)OC(C)(C)C)C1CCC(=O)O1)C(C)C)OC. The van der Waals surface area contributed by atoms with E-state index in [0.29, 0.717) is 55.8 Å². The summed E-state index contributed by atoms with van der Waals surface area (Å²) >= 11 is 0. The second-order valence-electron chi connectivity index (χ2n) is 10.4. The van der Waals surface area contributed by atoms with Crippen molar-refractivity contribution >= 4 is 12.1 Å². The van der Waals surface area contributed by atoms with Gasteiger partial charge in [0.05, 0.1) is 19.8 Å². The van der Waals surface area contributed by atoms with Crippen LogP contribution in [0.25, 0.3) is 0 Å². The minimum absolute atomic E-state index is 0.221. The van der Waals surface area contributed by atoms with Crippen molar-refractivity contribution in [3.8, 4) is 0 Å². The molecule has 1 aliphatic rings. The van der Waals surface area contributed by atoms with Crippen molar-refractivity contribution in [3.05, 3.63) is 36.3 Å². The molecule has 0 bridgehead atoms.